The molecule has 11 heteroatoms. The molecule has 0 bridgehead atoms. The van der Waals surface area contributed by atoms with Crippen molar-refractivity contribution in [3.63, 3.8) is 0 Å². The van der Waals surface area contributed by atoms with Gasteiger partial charge in [-0.2, -0.15) is 4.31 Å². The van der Waals surface area contributed by atoms with Gasteiger partial charge in [0.15, 0.2) is 6.10 Å². The Morgan fingerprint density at radius 2 is 1.82 bits per heavy atom. The van der Waals surface area contributed by atoms with Crippen LogP contribution in [0.4, 0.5) is 11.4 Å². The Morgan fingerprint density at radius 3 is 2.50 bits per heavy atom. The molecule has 34 heavy (non-hydrogen) atoms. The maximum absolute atomic E-state index is 13.3. The van der Waals surface area contributed by atoms with Gasteiger partial charge in [-0.3, -0.25) is 4.79 Å². The van der Waals surface area contributed by atoms with Crippen molar-refractivity contribution in [2.24, 2.45) is 0 Å². The van der Waals surface area contributed by atoms with Crippen LogP contribution in [-0.4, -0.2) is 75.6 Å². The number of anilines is 2. The molecule has 0 aromatic heterocycles. The first-order valence-corrected chi connectivity index (χ1v) is 12.7. The third kappa shape index (κ3) is 4.90. The Balaban J connectivity index is 1.44. The normalized spacial score (nSPS) is 17.4. The second kappa shape index (κ2) is 9.91. The van der Waals surface area contributed by atoms with E-state index in [1.165, 1.54) is 15.3 Å². The van der Waals surface area contributed by atoms with Crippen LogP contribution in [0.1, 0.15) is 12.0 Å². The average molecular weight is 508 g/mol. The molecule has 1 N–H and O–H groups in total. The molecule has 182 valence electrons. The third-order valence-corrected chi connectivity index (χ3v) is 8.27. The standard InChI is InChI=1S/C23H26ClN3O6S/c1-33-23(30)21(28)15-22(29)27-8-7-16-13-19(5-6-20(16)27)34(31,32)26-11-9-25(10-12-26)18-4-2-3-17(24)14-18/h2-6,13-14,21,28H,7-12,15H2,1H3. The lowest BCUT2D eigenvalue weighted by atomic mass is 10.1. The first-order valence-electron chi connectivity index (χ1n) is 10.9. The van der Waals surface area contributed by atoms with Crippen molar-refractivity contribution in [2.45, 2.75) is 23.8 Å². The smallest absolute Gasteiger partial charge is 0.335 e. The van der Waals surface area contributed by atoms with Gasteiger partial charge in [0.2, 0.25) is 15.9 Å². The third-order valence-electron chi connectivity index (χ3n) is 6.14. The minimum absolute atomic E-state index is 0.186. The summed E-state index contributed by atoms with van der Waals surface area (Å²) < 4.78 is 32.5. The zero-order chi connectivity index (χ0) is 24.5. The minimum Gasteiger partial charge on any atom is -0.467 e. The number of nitrogens with zero attached hydrogens (tertiary/aromatic N) is 3. The fraction of sp³-hybridized carbons (Fsp3) is 0.391. The Bertz CT molecular complexity index is 1200. The summed E-state index contributed by atoms with van der Waals surface area (Å²) in [6.45, 7) is 2.15. The molecule has 2 aromatic carbocycles. The Kier molecular flexibility index (Phi) is 7.13. The minimum atomic E-state index is -3.69. The molecular weight excluding hydrogens is 482 g/mol. The summed E-state index contributed by atoms with van der Waals surface area (Å²) >= 11 is 6.08. The van der Waals surface area contributed by atoms with Crippen molar-refractivity contribution in [1.82, 2.24) is 4.31 Å². The second-order valence-electron chi connectivity index (χ2n) is 8.20. The number of piperazine rings is 1. The highest BCUT2D eigenvalue weighted by molar-refractivity contribution is 7.89. The molecule has 1 unspecified atom stereocenters. The number of sulfonamides is 1. The van der Waals surface area contributed by atoms with Crippen LogP contribution in [0.5, 0.6) is 0 Å². The Hall–Kier alpha value is -2.66. The predicted molar refractivity (Wildman–Crippen MR) is 128 cm³/mol. The van der Waals surface area contributed by atoms with Crippen LogP contribution < -0.4 is 9.80 Å². The van der Waals surface area contributed by atoms with Gasteiger partial charge >= 0.3 is 5.97 Å². The molecule has 0 radical (unpaired) electrons. The number of esters is 1. The predicted octanol–water partition coefficient (Wildman–Crippen LogP) is 1.66. The number of carbonyl (C=O) groups excluding carboxylic acids is 2. The number of methoxy groups -OCH3 is 1. The van der Waals surface area contributed by atoms with E-state index in [4.69, 9.17) is 11.6 Å². The number of ether oxygens (including phenoxy) is 1. The van der Waals surface area contributed by atoms with Gasteiger partial charge in [-0.1, -0.05) is 17.7 Å². The Morgan fingerprint density at radius 1 is 1.09 bits per heavy atom. The van der Waals surface area contributed by atoms with Gasteiger partial charge in [0, 0.05) is 49.1 Å². The van der Waals surface area contributed by atoms with E-state index in [1.807, 2.05) is 18.2 Å². The van der Waals surface area contributed by atoms with Crippen molar-refractivity contribution >= 4 is 44.9 Å². The summed E-state index contributed by atoms with van der Waals surface area (Å²) in [6.07, 6.45) is -1.45. The van der Waals surface area contributed by atoms with E-state index < -0.39 is 34.4 Å². The zero-order valence-electron chi connectivity index (χ0n) is 18.7. The second-order valence-corrected chi connectivity index (χ2v) is 10.6. The van der Waals surface area contributed by atoms with Gasteiger partial charge in [-0.25, -0.2) is 13.2 Å². The van der Waals surface area contributed by atoms with E-state index in [9.17, 15) is 23.1 Å². The summed E-state index contributed by atoms with van der Waals surface area (Å²) in [5.41, 5.74) is 2.29. The quantitative estimate of drug-likeness (QED) is 0.592. The maximum atomic E-state index is 13.3. The van der Waals surface area contributed by atoms with Crippen LogP contribution >= 0.6 is 11.6 Å². The van der Waals surface area contributed by atoms with Crippen molar-refractivity contribution in [2.75, 3.05) is 49.6 Å². The Labute approximate surface area is 203 Å². The molecule has 2 heterocycles. The number of fused-ring (bicyclic) bond motifs is 1. The lowest BCUT2D eigenvalue weighted by Crippen LogP contribution is -2.48. The number of carbonyl (C=O) groups is 2. The summed E-state index contributed by atoms with van der Waals surface area (Å²) in [5.74, 6) is -1.30. The van der Waals surface area contributed by atoms with Crippen LogP contribution in [0, 0.1) is 0 Å². The van der Waals surface area contributed by atoms with Gasteiger partial charge in [0.25, 0.3) is 0 Å². The number of halogens is 1. The van der Waals surface area contributed by atoms with Crippen LogP contribution in [0.25, 0.3) is 0 Å². The molecule has 2 aliphatic rings. The number of amides is 1. The molecule has 1 amide bonds. The average Bonchev–Trinajstić information content (AvgIpc) is 3.27. The van der Waals surface area contributed by atoms with Gasteiger partial charge < -0.3 is 19.6 Å². The fourth-order valence-corrected chi connectivity index (χ4v) is 5.96. The highest BCUT2D eigenvalue weighted by atomic mass is 35.5. The van der Waals surface area contributed by atoms with Gasteiger partial charge in [-0.15, -0.1) is 0 Å². The monoisotopic (exact) mass is 507 g/mol. The lowest BCUT2D eigenvalue weighted by Gasteiger charge is -2.35. The molecule has 2 aromatic rings. The summed E-state index contributed by atoms with van der Waals surface area (Å²) in [7, 11) is -2.55. The zero-order valence-corrected chi connectivity index (χ0v) is 20.3. The molecule has 1 saturated heterocycles. The molecule has 0 saturated carbocycles. The maximum Gasteiger partial charge on any atom is 0.335 e. The first-order chi connectivity index (χ1) is 16.2. The van der Waals surface area contributed by atoms with Crippen LogP contribution in [0.2, 0.25) is 5.02 Å². The van der Waals surface area contributed by atoms with Crippen molar-refractivity contribution < 1.29 is 27.9 Å². The molecule has 0 spiro atoms. The van der Waals surface area contributed by atoms with E-state index in [2.05, 4.69) is 9.64 Å². The summed E-state index contributed by atoms with van der Waals surface area (Å²) in [4.78, 5) is 27.7. The molecule has 2 aliphatic heterocycles. The van der Waals surface area contributed by atoms with Gasteiger partial charge in [0.1, 0.15) is 0 Å². The summed E-state index contributed by atoms with van der Waals surface area (Å²) in [6, 6.07) is 12.2. The fourth-order valence-electron chi connectivity index (χ4n) is 4.30. The molecule has 9 nitrogen and oxygen atoms in total. The van der Waals surface area contributed by atoms with Crippen LogP contribution in [0.3, 0.4) is 0 Å². The molecule has 1 atom stereocenters. The van der Waals surface area contributed by atoms with E-state index >= 15 is 0 Å². The number of hydrogen-bond acceptors (Lipinski definition) is 7. The molecular formula is C23H26ClN3O6S. The molecule has 1 fully saturated rings. The number of benzene rings is 2. The van der Waals surface area contributed by atoms with E-state index in [0.29, 0.717) is 49.9 Å². The van der Waals surface area contributed by atoms with E-state index in [1.54, 1.807) is 18.2 Å². The highest BCUT2D eigenvalue weighted by Crippen LogP contribution is 2.32. The molecule has 4 rings (SSSR count). The largest absolute Gasteiger partial charge is 0.467 e. The molecule has 0 aliphatic carbocycles. The van der Waals surface area contributed by atoms with Crippen LogP contribution in [0.15, 0.2) is 47.4 Å². The summed E-state index contributed by atoms with van der Waals surface area (Å²) in [5, 5.41) is 10.4. The lowest BCUT2D eigenvalue weighted by molar-refractivity contribution is -0.152. The number of rotatable bonds is 6. The van der Waals surface area contributed by atoms with Crippen molar-refractivity contribution in [3.05, 3.63) is 53.1 Å². The van der Waals surface area contributed by atoms with Crippen LogP contribution in [-0.2, 0) is 30.8 Å². The SMILES string of the molecule is COC(=O)C(O)CC(=O)N1CCc2cc(S(=O)(=O)N3CCN(c4cccc(Cl)c4)CC3)ccc21. The van der Waals surface area contributed by atoms with Crippen molar-refractivity contribution in [3.8, 4) is 0 Å². The number of hydrogen-bond donors (Lipinski definition) is 1. The van der Waals surface area contributed by atoms with Gasteiger partial charge in [-0.05, 0) is 48.4 Å². The topological polar surface area (TPSA) is 107 Å². The highest BCUT2D eigenvalue weighted by Gasteiger charge is 2.32. The van der Waals surface area contributed by atoms with E-state index in [0.717, 1.165) is 18.4 Å². The van der Waals surface area contributed by atoms with Crippen molar-refractivity contribution in [1.29, 1.82) is 0 Å². The van der Waals surface area contributed by atoms with E-state index in [-0.39, 0.29) is 4.90 Å². The number of aliphatic hydroxyl groups excluding tert-OH is 1. The number of aliphatic hydroxyl groups is 1. The van der Waals surface area contributed by atoms with Gasteiger partial charge in [0.05, 0.1) is 18.4 Å². The first kappa shape index (κ1) is 24.5.